The molecule has 9 heteroatoms. The largest absolute Gasteiger partial charge is 0.483 e. The fourth-order valence-corrected chi connectivity index (χ4v) is 3.70. The first-order valence-corrected chi connectivity index (χ1v) is 12.4. The van der Waals surface area contributed by atoms with Crippen molar-refractivity contribution in [3.8, 4) is 11.5 Å². The maximum absolute atomic E-state index is 11.4. The Morgan fingerprint density at radius 2 is 1.74 bits per heavy atom. The van der Waals surface area contributed by atoms with E-state index in [1.807, 2.05) is 18.3 Å². The highest BCUT2D eigenvalue weighted by molar-refractivity contribution is 6.08. The summed E-state index contributed by atoms with van der Waals surface area (Å²) in [6, 6.07) is 5.56. The summed E-state index contributed by atoms with van der Waals surface area (Å²) < 4.78 is 25.3. The Kier molecular flexibility index (Phi) is 9.92. The second-order valence-electron chi connectivity index (χ2n) is 11.1. The molecule has 194 valence electrons. The van der Waals surface area contributed by atoms with Gasteiger partial charge in [-0.05, 0) is 73.4 Å². The lowest BCUT2D eigenvalue weighted by Crippen LogP contribution is -2.37. The molecule has 0 N–H and O–H groups in total. The molecule has 0 bridgehead atoms. The highest BCUT2D eigenvalue weighted by atomic mass is 16.6. The van der Waals surface area contributed by atoms with Gasteiger partial charge in [-0.2, -0.15) is 0 Å². The fourth-order valence-electron chi connectivity index (χ4n) is 3.70. The van der Waals surface area contributed by atoms with Crippen LogP contribution in [-0.4, -0.2) is 52.2 Å². The van der Waals surface area contributed by atoms with E-state index in [-0.39, 0.29) is 29.4 Å². The molecule has 0 spiro atoms. The Morgan fingerprint density at radius 1 is 1.03 bits per heavy atom. The summed E-state index contributed by atoms with van der Waals surface area (Å²) >= 11 is 0. The molecule has 1 aromatic carbocycles. The first-order valence-electron chi connectivity index (χ1n) is 12.4. The van der Waals surface area contributed by atoms with E-state index in [1.54, 1.807) is 10.7 Å². The highest BCUT2D eigenvalue weighted by Gasteiger charge is 2.27. The van der Waals surface area contributed by atoms with E-state index in [0.29, 0.717) is 30.3 Å². The minimum Gasteiger partial charge on any atom is -0.483 e. The highest BCUT2D eigenvalue weighted by Crippen LogP contribution is 2.29. The number of esters is 1. The van der Waals surface area contributed by atoms with Gasteiger partial charge >= 0.3 is 5.97 Å². The van der Waals surface area contributed by atoms with Crippen LogP contribution in [0.4, 0.5) is 0 Å². The first kappa shape index (κ1) is 28.8. The minimum atomic E-state index is -0.389. The van der Waals surface area contributed by atoms with Crippen LogP contribution in [0.2, 0.25) is 0 Å². The van der Waals surface area contributed by atoms with Crippen LogP contribution in [0, 0.1) is 0 Å². The Hall–Kier alpha value is -2.39. The van der Waals surface area contributed by atoms with Crippen LogP contribution in [0.15, 0.2) is 24.4 Å². The van der Waals surface area contributed by atoms with Gasteiger partial charge in [0.25, 0.3) is 0 Å². The third-order valence-electron chi connectivity index (χ3n) is 5.35. The van der Waals surface area contributed by atoms with Gasteiger partial charge < -0.3 is 18.9 Å². The molecule has 8 nitrogen and oxygen atoms in total. The zero-order valence-electron chi connectivity index (χ0n) is 22.9. The number of hydrogen-bond acceptors (Lipinski definition) is 7. The van der Waals surface area contributed by atoms with E-state index in [4.69, 9.17) is 18.9 Å². The zero-order valence-corrected chi connectivity index (χ0v) is 22.9. The number of carbonyl (C=O) groups excluding carboxylic acids is 1. The van der Waals surface area contributed by atoms with E-state index in [1.165, 1.54) is 6.92 Å². The number of nitrogens with zero attached hydrogens (tertiary/aromatic N) is 3. The average Bonchev–Trinajstić information content (AvgIpc) is 3.17. The van der Waals surface area contributed by atoms with Crippen LogP contribution in [0.1, 0.15) is 79.5 Å². The van der Waals surface area contributed by atoms with Crippen molar-refractivity contribution in [3.63, 3.8) is 0 Å². The molecule has 1 aromatic heterocycles. The number of aryl methyl sites for hydroxylation is 1. The number of benzene rings is 1. The van der Waals surface area contributed by atoms with E-state index in [2.05, 4.69) is 66.6 Å². The van der Waals surface area contributed by atoms with Gasteiger partial charge in [-0.1, -0.05) is 23.2 Å². The fraction of sp³-hybridized carbons (Fsp3) is 0.654. The summed E-state index contributed by atoms with van der Waals surface area (Å²) in [5.74, 6) is 0.527. The summed E-state index contributed by atoms with van der Waals surface area (Å²) in [7, 11) is 2.06. The van der Waals surface area contributed by atoms with E-state index >= 15 is 0 Å². The van der Waals surface area contributed by atoms with Crippen molar-refractivity contribution in [2.45, 2.75) is 105 Å². The maximum Gasteiger partial charge on any atom is 0.308 e. The summed E-state index contributed by atoms with van der Waals surface area (Å²) in [5, 5.41) is 8.44. The van der Waals surface area contributed by atoms with Crippen molar-refractivity contribution in [2.24, 2.45) is 0 Å². The van der Waals surface area contributed by atoms with Crippen molar-refractivity contribution >= 4 is 13.8 Å². The van der Waals surface area contributed by atoms with Crippen molar-refractivity contribution in [1.82, 2.24) is 15.0 Å². The predicted molar refractivity (Wildman–Crippen MR) is 139 cm³/mol. The molecule has 0 aliphatic rings. The topological polar surface area (TPSA) is 84.7 Å². The molecule has 0 radical (unpaired) electrons. The van der Waals surface area contributed by atoms with E-state index in [9.17, 15) is 4.79 Å². The number of hydrogen-bond donors (Lipinski definition) is 0. The third-order valence-corrected chi connectivity index (χ3v) is 5.35. The molecule has 0 aliphatic carbocycles. The Bertz CT molecular complexity index is 966. The molecule has 0 unspecified atom stereocenters. The SMILES string of the molecule is BCc1ccc(OC(C)=O)c(OCc2cn(CCC(C)(C)OCCC(C)(C)OC(C)(C)C)nn2)c1. The predicted octanol–water partition coefficient (Wildman–Crippen LogP) is 4.08. The number of ether oxygens (including phenoxy) is 4. The smallest absolute Gasteiger partial charge is 0.308 e. The molecule has 0 saturated carbocycles. The average molecular weight is 487 g/mol. The van der Waals surface area contributed by atoms with Crippen LogP contribution < -0.4 is 9.47 Å². The second kappa shape index (κ2) is 12.0. The number of rotatable bonds is 13. The summed E-state index contributed by atoms with van der Waals surface area (Å²) in [4.78, 5) is 11.4. The Balaban J connectivity index is 1.86. The normalized spacial score (nSPS) is 12.6. The van der Waals surface area contributed by atoms with Gasteiger partial charge in [-0.25, -0.2) is 0 Å². The zero-order chi connectivity index (χ0) is 26.3. The van der Waals surface area contributed by atoms with Crippen LogP contribution >= 0.6 is 0 Å². The Labute approximate surface area is 211 Å². The molecule has 2 rings (SSSR count). The second-order valence-corrected chi connectivity index (χ2v) is 11.1. The van der Waals surface area contributed by atoms with Gasteiger partial charge in [0.15, 0.2) is 11.5 Å². The van der Waals surface area contributed by atoms with Gasteiger partial charge in [0.2, 0.25) is 0 Å². The standard InChI is InChI=1S/C26H42BN3O5/c1-19(31)34-22-10-9-20(16-27)15-23(22)32-18-21-17-30(29-28-21)13-11-25(5,6)33-14-12-26(7,8)35-24(2,3)4/h9-10,15,17H,11-14,16,18,27H2,1-8H3. The van der Waals surface area contributed by atoms with E-state index in [0.717, 1.165) is 24.7 Å². The van der Waals surface area contributed by atoms with Gasteiger partial charge in [-0.15, -0.1) is 5.10 Å². The maximum atomic E-state index is 11.4. The van der Waals surface area contributed by atoms with Gasteiger partial charge in [0, 0.05) is 13.5 Å². The molecule has 35 heavy (non-hydrogen) atoms. The molecule has 0 saturated heterocycles. The van der Waals surface area contributed by atoms with Crippen molar-refractivity contribution in [2.75, 3.05) is 6.61 Å². The van der Waals surface area contributed by atoms with E-state index < -0.39 is 0 Å². The van der Waals surface area contributed by atoms with Crippen LogP contribution in [0.5, 0.6) is 11.5 Å². The number of aromatic nitrogens is 3. The lowest BCUT2D eigenvalue weighted by atomic mass is 9.97. The third kappa shape index (κ3) is 10.8. The summed E-state index contributed by atoms with van der Waals surface area (Å²) in [5.41, 5.74) is 1.05. The molecular formula is C26H42BN3O5. The summed E-state index contributed by atoms with van der Waals surface area (Å²) in [6.45, 7) is 17.5. The van der Waals surface area contributed by atoms with Crippen LogP contribution in [0.3, 0.4) is 0 Å². The molecule has 2 aromatic rings. The molecule has 0 aliphatic heterocycles. The molecule has 0 atom stereocenters. The first-order chi connectivity index (χ1) is 16.2. The number of carbonyl (C=O) groups is 1. The molecular weight excluding hydrogens is 445 g/mol. The quantitative estimate of drug-likeness (QED) is 0.239. The van der Waals surface area contributed by atoms with Gasteiger partial charge in [0.1, 0.15) is 20.1 Å². The lowest BCUT2D eigenvalue weighted by Gasteiger charge is -2.35. The monoisotopic (exact) mass is 487 g/mol. The lowest BCUT2D eigenvalue weighted by molar-refractivity contribution is -0.133. The van der Waals surface area contributed by atoms with Crippen molar-refractivity contribution < 1.29 is 23.7 Å². The van der Waals surface area contributed by atoms with Crippen LogP contribution in [0.25, 0.3) is 0 Å². The van der Waals surface area contributed by atoms with Gasteiger partial charge in [-0.3, -0.25) is 9.48 Å². The van der Waals surface area contributed by atoms with Gasteiger partial charge in [0.05, 0.1) is 29.6 Å². The van der Waals surface area contributed by atoms with Crippen molar-refractivity contribution in [3.05, 3.63) is 35.7 Å². The molecule has 0 amide bonds. The molecule has 1 heterocycles. The molecule has 0 fully saturated rings. The van der Waals surface area contributed by atoms with Crippen molar-refractivity contribution in [1.29, 1.82) is 0 Å². The Morgan fingerprint density at radius 3 is 2.37 bits per heavy atom. The summed E-state index contributed by atoms with van der Waals surface area (Å²) in [6.07, 6.45) is 4.32. The minimum absolute atomic E-state index is 0.186. The van der Waals surface area contributed by atoms with Crippen LogP contribution in [-0.2, 0) is 33.7 Å².